The van der Waals surface area contributed by atoms with Crippen LogP contribution in [0, 0.1) is 5.92 Å². The molecule has 3 nitrogen and oxygen atoms in total. The van der Waals surface area contributed by atoms with E-state index in [1.807, 2.05) is 13.8 Å². The van der Waals surface area contributed by atoms with Crippen molar-refractivity contribution in [2.75, 3.05) is 6.54 Å². The molecule has 0 heterocycles. The summed E-state index contributed by atoms with van der Waals surface area (Å²) in [6.45, 7) is 6.44. The van der Waals surface area contributed by atoms with Crippen LogP contribution in [0.4, 0.5) is 0 Å². The second-order valence-corrected chi connectivity index (χ2v) is 4.97. The topological polar surface area (TPSA) is 55.1 Å². The van der Waals surface area contributed by atoms with E-state index in [9.17, 15) is 4.79 Å². The monoisotopic (exact) mass is 248 g/mol. The number of amides is 1. The summed E-state index contributed by atoms with van der Waals surface area (Å²) < 4.78 is 0. The molecule has 3 heteroatoms. The molecule has 1 atom stereocenters. The molecule has 0 aliphatic heterocycles. The SMILES string of the molecule is CCc1ccc(CC(CN)C(=O)NC(C)C)cc1. The third-order valence-corrected chi connectivity index (χ3v) is 3.00. The predicted molar refractivity (Wildman–Crippen MR) is 75.3 cm³/mol. The number of carbonyl (C=O) groups excluding carboxylic acids is 1. The zero-order chi connectivity index (χ0) is 13.5. The number of benzene rings is 1. The molecule has 100 valence electrons. The number of hydrogen-bond donors (Lipinski definition) is 2. The Morgan fingerprint density at radius 2 is 1.78 bits per heavy atom. The Morgan fingerprint density at radius 3 is 2.22 bits per heavy atom. The van der Waals surface area contributed by atoms with E-state index in [1.54, 1.807) is 0 Å². The van der Waals surface area contributed by atoms with Crippen LogP contribution in [0.3, 0.4) is 0 Å². The fraction of sp³-hybridized carbons (Fsp3) is 0.533. The van der Waals surface area contributed by atoms with Gasteiger partial charge in [-0.15, -0.1) is 0 Å². The Bertz CT molecular complexity index is 371. The van der Waals surface area contributed by atoms with Gasteiger partial charge < -0.3 is 11.1 Å². The molecular formula is C15H24N2O. The van der Waals surface area contributed by atoms with Crippen LogP contribution in [-0.2, 0) is 17.6 Å². The van der Waals surface area contributed by atoms with Gasteiger partial charge in [-0.1, -0.05) is 31.2 Å². The average molecular weight is 248 g/mol. The number of hydrogen-bond acceptors (Lipinski definition) is 2. The molecule has 1 aromatic carbocycles. The molecule has 1 rings (SSSR count). The summed E-state index contributed by atoms with van der Waals surface area (Å²) in [4.78, 5) is 11.9. The second-order valence-electron chi connectivity index (χ2n) is 4.97. The minimum atomic E-state index is -0.139. The summed E-state index contributed by atoms with van der Waals surface area (Å²) in [5, 5.41) is 2.92. The molecule has 3 N–H and O–H groups in total. The maximum Gasteiger partial charge on any atom is 0.224 e. The van der Waals surface area contributed by atoms with Crippen LogP contribution >= 0.6 is 0 Å². The largest absolute Gasteiger partial charge is 0.354 e. The van der Waals surface area contributed by atoms with Crippen molar-refractivity contribution in [3.63, 3.8) is 0 Å². The van der Waals surface area contributed by atoms with Crippen molar-refractivity contribution in [3.8, 4) is 0 Å². The molecule has 0 aliphatic rings. The minimum Gasteiger partial charge on any atom is -0.354 e. The van der Waals surface area contributed by atoms with Crippen molar-refractivity contribution in [2.45, 2.75) is 39.7 Å². The van der Waals surface area contributed by atoms with Gasteiger partial charge in [-0.3, -0.25) is 4.79 Å². The molecule has 0 bridgehead atoms. The van der Waals surface area contributed by atoms with Gasteiger partial charge >= 0.3 is 0 Å². The van der Waals surface area contributed by atoms with Crippen molar-refractivity contribution in [1.29, 1.82) is 0 Å². The molecule has 1 unspecified atom stereocenters. The fourth-order valence-electron chi connectivity index (χ4n) is 1.88. The van der Waals surface area contributed by atoms with E-state index in [2.05, 4.69) is 36.5 Å². The lowest BCUT2D eigenvalue weighted by Gasteiger charge is -2.17. The first kappa shape index (κ1) is 14.7. The van der Waals surface area contributed by atoms with Crippen LogP contribution in [0.25, 0.3) is 0 Å². The van der Waals surface area contributed by atoms with Crippen molar-refractivity contribution in [1.82, 2.24) is 5.32 Å². The highest BCUT2D eigenvalue weighted by atomic mass is 16.1. The first-order valence-electron chi connectivity index (χ1n) is 6.65. The Hall–Kier alpha value is -1.35. The number of aryl methyl sites for hydroxylation is 1. The van der Waals surface area contributed by atoms with Gasteiger partial charge in [0.15, 0.2) is 0 Å². The quantitative estimate of drug-likeness (QED) is 0.807. The first-order chi connectivity index (χ1) is 8.56. The van der Waals surface area contributed by atoms with Gasteiger partial charge in [-0.2, -0.15) is 0 Å². The summed E-state index contributed by atoms with van der Waals surface area (Å²) in [6.07, 6.45) is 1.74. The lowest BCUT2D eigenvalue weighted by Crippen LogP contribution is -2.39. The Kier molecular flexibility index (Phi) is 5.86. The zero-order valence-corrected chi connectivity index (χ0v) is 11.6. The summed E-state index contributed by atoms with van der Waals surface area (Å²) in [7, 11) is 0. The lowest BCUT2D eigenvalue weighted by atomic mass is 9.97. The number of rotatable bonds is 6. The summed E-state index contributed by atoms with van der Waals surface area (Å²) in [6, 6.07) is 8.56. The molecule has 0 radical (unpaired) electrons. The maximum absolute atomic E-state index is 11.9. The second kappa shape index (κ2) is 7.17. The maximum atomic E-state index is 11.9. The van der Waals surface area contributed by atoms with E-state index >= 15 is 0 Å². The van der Waals surface area contributed by atoms with Crippen molar-refractivity contribution in [3.05, 3.63) is 35.4 Å². The zero-order valence-electron chi connectivity index (χ0n) is 11.6. The summed E-state index contributed by atoms with van der Waals surface area (Å²) >= 11 is 0. The Balaban J connectivity index is 2.64. The molecule has 18 heavy (non-hydrogen) atoms. The van der Waals surface area contributed by atoms with E-state index in [4.69, 9.17) is 5.73 Å². The van der Waals surface area contributed by atoms with Gasteiger partial charge in [-0.05, 0) is 37.8 Å². The van der Waals surface area contributed by atoms with Crippen molar-refractivity contribution < 1.29 is 4.79 Å². The van der Waals surface area contributed by atoms with E-state index < -0.39 is 0 Å². The third-order valence-electron chi connectivity index (χ3n) is 3.00. The number of carbonyl (C=O) groups is 1. The third kappa shape index (κ3) is 4.49. The van der Waals surface area contributed by atoms with Gasteiger partial charge in [0.1, 0.15) is 0 Å². The standard InChI is InChI=1S/C15H24N2O/c1-4-12-5-7-13(8-6-12)9-14(10-16)15(18)17-11(2)3/h5-8,11,14H,4,9-10,16H2,1-3H3,(H,17,18). The smallest absolute Gasteiger partial charge is 0.224 e. The van der Waals surface area contributed by atoms with Crippen molar-refractivity contribution >= 4 is 5.91 Å². The van der Waals surface area contributed by atoms with Crippen LogP contribution in [-0.4, -0.2) is 18.5 Å². The molecule has 1 amide bonds. The first-order valence-corrected chi connectivity index (χ1v) is 6.65. The average Bonchev–Trinajstić information content (AvgIpc) is 2.35. The predicted octanol–water partition coefficient (Wildman–Crippen LogP) is 1.89. The van der Waals surface area contributed by atoms with Gasteiger partial charge in [0.05, 0.1) is 5.92 Å². The normalized spacial score (nSPS) is 12.5. The van der Waals surface area contributed by atoms with Crippen LogP contribution in [0.5, 0.6) is 0 Å². The lowest BCUT2D eigenvalue weighted by molar-refractivity contribution is -0.125. The molecule has 0 aliphatic carbocycles. The van der Waals surface area contributed by atoms with Crippen LogP contribution in [0.15, 0.2) is 24.3 Å². The number of nitrogens with two attached hydrogens (primary N) is 1. The summed E-state index contributed by atoms with van der Waals surface area (Å²) in [5.41, 5.74) is 8.18. The molecule has 1 aromatic rings. The van der Waals surface area contributed by atoms with Gasteiger partial charge in [0.2, 0.25) is 5.91 Å². The molecule has 0 fully saturated rings. The molecule has 0 aromatic heterocycles. The summed E-state index contributed by atoms with van der Waals surface area (Å²) in [5.74, 6) is -0.0908. The molecule has 0 saturated carbocycles. The van der Waals surface area contributed by atoms with Gasteiger partial charge in [0.25, 0.3) is 0 Å². The highest BCUT2D eigenvalue weighted by Gasteiger charge is 2.17. The minimum absolute atomic E-state index is 0.0482. The van der Waals surface area contributed by atoms with Crippen LogP contribution in [0.1, 0.15) is 31.9 Å². The van der Waals surface area contributed by atoms with E-state index in [-0.39, 0.29) is 17.9 Å². The molecular weight excluding hydrogens is 224 g/mol. The molecule has 0 saturated heterocycles. The molecule has 0 spiro atoms. The van der Waals surface area contributed by atoms with Crippen molar-refractivity contribution in [2.24, 2.45) is 11.7 Å². The highest BCUT2D eigenvalue weighted by Crippen LogP contribution is 2.11. The van der Waals surface area contributed by atoms with E-state index in [0.29, 0.717) is 13.0 Å². The Labute approximate surface area is 110 Å². The van der Waals surface area contributed by atoms with Crippen LogP contribution in [0.2, 0.25) is 0 Å². The fourth-order valence-corrected chi connectivity index (χ4v) is 1.88. The van der Waals surface area contributed by atoms with E-state index in [0.717, 1.165) is 6.42 Å². The van der Waals surface area contributed by atoms with Gasteiger partial charge in [0, 0.05) is 12.6 Å². The highest BCUT2D eigenvalue weighted by molar-refractivity contribution is 5.79. The van der Waals surface area contributed by atoms with Crippen LogP contribution < -0.4 is 11.1 Å². The Morgan fingerprint density at radius 1 is 1.22 bits per heavy atom. The van der Waals surface area contributed by atoms with Gasteiger partial charge in [-0.25, -0.2) is 0 Å². The number of nitrogens with one attached hydrogen (secondary N) is 1. The van der Waals surface area contributed by atoms with E-state index in [1.165, 1.54) is 11.1 Å².